The van der Waals surface area contributed by atoms with Crippen LogP contribution in [-0.2, 0) is 6.54 Å². The zero-order chi connectivity index (χ0) is 17.8. The van der Waals surface area contributed by atoms with E-state index in [9.17, 15) is 14.9 Å². The lowest BCUT2D eigenvalue weighted by atomic mass is 10.1. The van der Waals surface area contributed by atoms with E-state index in [0.717, 1.165) is 10.0 Å². The van der Waals surface area contributed by atoms with Crippen LogP contribution in [0.15, 0.2) is 53.4 Å². The fourth-order valence-corrected chi connectivity index (χ4v) is 2.27. The summed E-state index contributed by atoms with van der Waals surface area (Å²) >= 11 is 3.28. The van der Waals surface area contributed by atoms with Gasteiger partial charge in [0, 0.05) is 21.3 Å². The molecule has 0 spiro atoms. The lowest BCUT2D eigenvalue weighted by Crippen LogP contribution is -2.13. The number of carbonyl (C=O) groups is 1. The first-order valence-corrected chi connectivity index (χ1v) is 7.86. The van der Waals surface area contributed by atoms with Gasteiger partial charge in [-0.15, -0.1) is 0 Å². The molecule has 0 atom stereocenters. The second-order valence-corrected chi connectivity index (χ2v) is 5.93. The maximum atomic E-state index is 12.2. The van der Waals surface area contributed by atoms with Gasteiger partial charge in [0.05, 0.1) is 6.54 Å². The molecule has 9 nitrogen and oxygen atoms in total. The molecule has 0 fully saturated rings. The number of halogens is 1. The fourth-order valence-electron chi connectivity index (χ4n) is 2.03. The van der Waals surface area contributed by atoms with Gasteiger partial charge >= 0.3 is 5.95 Å². The highest BCUT2D eigenvalue weighted by Gasteiger charge is 2.13. The van der Waals surface area contributed by atoms with Crippen molar-refractivity contribution in [3.8, 4) is 0 Å². The Bertz CT molecular complexity index is 908. The molecule has 2 heterocycles. The minimum atomic E-state index is -0.653. The van der Waals surface area contributed by atoms with Crippen LogP contribution in [0.25, 0.3) is 0 Å². The van der Waals surface area contributed by atoms with Crippen molar-refractivity contribution in [2.45, 2.75) is 6.54 Å². The number of benzene rings is 1. The molecule has 0 saturated carbocycles. The molecule has 25 heavy (non-hydrogen) atoms. The molecule has 1 amide bonds. The summed E-state index contributed by atoms with van der Waals surface area (Å²) in [5.41, 5.74) is 1.30. The highest BCUT2D eigenvalue weighted by molar-refractivity contribution is 9.10. The van der Waals surface area contributed by atoms with Crippen LogP contribution in [-0.4, -0.2) is 30.6 Å². The highest BCUT2D eigenvalue weighted by Crippen LogP contribution is 2.13. The summed E-state index contributed by atoms with van der Waals surface area (Å²) in [7, 11) is 0. The monoisotopic (exact) mass is 402 g/mol. The van der Waals surface area contributed by atoms with Gasteiger partial charge in [0.2, 0.25) is 6.33 Å². The molecule has 0 unspecified atom stereocenters. The number of rotatable bonds is 5. The minimum absolute atomic E-state index is 0.280. The van der Waals surface area contributed by atoms with Crippen molar-refractivity contribution in [3.05, 3.63) is 74.6 Å². The second kappa shape index (κ2) is 7.18. The predicted molar refractivity (Wildman–Crippen MR) is 92.1 cm³/mol. The Morgan fingerprint density at radius 1 is 1.20 bits per heavy atom. The number of anilines is 1. The van der Waals surface area contributed by atoms with E-state index in [-0.39, 0.29) is 5.91 Å². The molecule has 126 valence electrons. The molecule has 0 saturated heterocycles. The highest BCUT2D eigenvalue weighted by atomic mass is 79.9. The predicted octanol–water partition coefficient (Wildman–Crippen LogP) is 2.64. The zero-order valence-electron chi connectivity index (χ0n) is 12.7. The van der Waals surface area contributed by atoms with Gasteiger partial charge in [0.25, 0.3) is 5.91 Å². The number of aromatic nitrogens is 4. The molecular formula is C15H11BrN6O3. The van der Waals surface area contributed by atoms with Crippen LogP contribution in [0.1, 0.15) is 15.9 Å². The standard InChI is InChI=1S/C15H11BrN6O3/c16-12-5-6-13(17-7-12)19-14(23)11-3-1-10(2-4-11)8-21-9-18-15(20-21)22(24)25/h1-7,9H,8H2,(H,17,19,23). The Hall–Kier alpha value is -3.14. The summed E-state index contributed by atoms with van der Waals surface area (Å²) in [5.74, 6) is -0.275. The van der Waals surface area contributed by atoms with Crippen LogP contribution in [0.4, 0.5) is 11.8 Å². The van der Waals surface area contributed by atoms with Crippen molar-refractivity contribution in [1.82, 2.24) is 19.7 Å². The van der Waals surface area contributed by atoms with Crippen LogP contribution in [0, 0.1) is 10.1 Å². The average molecular weight is 403 g/mol. The van der Waals surface area contributed by atoms with Gasteiger partial charge in [-0.1, -0.05) is 17.1 Å². The normalized spacial score (nSPS) is 10.4. The molecule has 1 N–H and O–H groups in total. The molecule has 0 radical (unpaired) electrons. The Morgan fingerprint density at radius 2 is 1.96 bits per heavy atom. The van der Waals surface area contributed by atoms with E-state index in [0.29, 0.717) is 17.9 Å². The molecule has 0 bridgehead atoms. The van der Waals surface area contributed by atoms with Crippen LogP contribution in [0.2, 0.25) is 0 Å². The summed E-state index contributed by atoms with van der Waals surface area (Å²) < 4.78 is 2.18. The van der Waals surface area contributed by atoms with Crippen molar-refractivity contribution in [3.63, 3.8) is 0 Å². The van der Waals surface area contributed by atoms with Gasteiger partial charge < -0.3 is 15.4 Å². The minimum Gasteiger partial charge on any atom is -0.390 e. The second-order valence-electron chi connectivity index (χ2n) is 5.01. The van der Waals surface area contributed by atoms with Gasteiger partial charge in [-0.2, -0.15) is 4.68 Å². The Kier molecular flexibility index (Phi) is 4.80. The summed E-state index contributed by atoms with van der Waals surface area (Å²) in [5, 5.41) is 17.0. The summed E-state index contributed by atoms with van der Waals surface area (Å²) in [4.78, 5) is 29.8. The first-order chi connectivity index (χ1) is 12.0. The maximum absolute atomic E-state index is 12.2. The van der Waals surface area contributed by atoms with E-state index in [1.54, 1.807) is 42.6 Å². The number of nitrogens with zero attached hydrogens (tertiary/aromatic N) is 5. The number of pyridine rings is 1. The van der Waals surface area contributed by atoms with E-state index in [1.165, 1.54) is 11.0 Å². The zero-order valence-corrected chi connectivity index (χ0v) is 14.3. The third-order valence-electron chi connectivity index (χ3n) is 3.22. The molecule has 0 aliphatic heterocycles. The number of hydrogen-bond donors (Lipinski definition) is 1. The van der Waals surface area contributed by atoms with Gasteiger partial charge in [-0.05, 0) is 50.7 Å². The number of nitro groups is 1. The first kappa shape index (κ1) is 16.7. The largest absolute Gasteiger partial charge is 0.490 e. The summed E-state index contributed by atoms with van der Waals surface area (Å²) in [6.45, 7) is 0.316. The number of carbonyl (C=O) groups excluding carboxylic acids is 1. The lowest BCUT2D eigenvalue weighted by molar-refractivity contribution is -0.394. The number of nitrogens with one attached hydrogen (secondary N) is 1. The third kappa shape index (κ3) is 4.23. The van der Waals surface area contributed by atoms with Crippen molar-refractivity contribution in [1.29, 1.82) is 0 Å². The lowest BCUT2D eigenvalue weighted by Gasteiger charge is -2.05. The van der Waals surface area contributed by atoms with Crippen molar-refractivity contribution >= 4 is 33.6 Å². The number of amides is 1. The maximum Gasteiger partial charge on any atom is 0.490 e. The molecular weight excluding hydrogens is 392 g/mol. The Labute approximate surface area is 150 Å². The molecule has 0 aliphatic rings. The quantitative estimate of drug-likeness (QED) is 0.517. The molecule has 1 aromatic carbocycles. The van der Waals surface area contributed by atoms with Gasteiger partial charge in [-0.25, -0.2) is 4.98 Å². The van der Waals surface area contributed by atoms with E-state index in [4.69, 9.17) is 0 Å². The van der Waals surface area contributed by atoms with E-state index >= 15 is 0 Å². The van der Waals surface area contributed by atoms with Crippen molar-refractivity contribution in [2.75, 3.05) is 5.32 Å². The van der Waals surface area contributed by atoms with Crippen LogP contribution >= 0.6 is 15.9 Å². The molecule has 10 heteroatoms. The summed E-state index contributed by atoms with van der Waals surface area (Å²) in [6, 6.07) is 10.3. The van der Waals surface area contributed by atoms with Gasteiger partial charge in [0.15, 0.2) is 0 Å². The molecule has 0 aliphatic carbocycles. The van der Waals surface area contributed by atoms with E-state index in [1.807, 2.05) is 0 Å². The van der Waals surface area contributed by atoms with Crippen LogP contribution < -0.4 is 5.32 Å². The van der Waals surface area contributed by atoms with Gasteiger partial charge in [0.1, 0.15) is 5.82 Å². The molecule has 2 aromatic heterocycles. The van der Waals surface area contributed by atoms with Crippen LogP contribution in [0.5, 0.6) is 0 Å². The smallest absolute Gasteiger partial charge is 0.390 e. The average Bonchev–Trinajstić information content (AvgIpc) is 3.06. The van der Waals surface area contributed by atoms with Gasteiger partial charge in [-0.3, -0.25) is 4.79 Å². The molecule has 3 aromatic rings. The fraction of sp³-hybridized carbons (Fsp3) is 0.0667. The SMILES string of the molecule is O=C(Nc1ccc(Br)cn1)c1ccc(Cn2cnc([N+](=O)[O-])n2)cc1. The third-order valence-corrected chi connectivity index (χ3v) is 3.69. The van der Waals surface area contributed by atoms with Crippen LogP contribution in [0.3, 0.4) is 0 Å². The van der Waals surface area contributed by atoms with Crippen molar-refractivity contribution in [2.24, 2.45) is 0 Å². The Morgan fingerprint density at radius 3 is 2.56 bits per heavy atom. The van der Waals surface area contributed by atoms with E-state index < -0.39 is 10.9 Å². The molecule has 3 rings (SSSR count). The van der Waals surface area contributed by atoms with Crippen molar-refractivity contribution < 1.29 is 9.72 Å². The Balaban J connectivity index is 1.65. The first-order valence-electron chi connectivity index (χ1n) is 7.07. The number of hydrogen-bond acceptors (Lipinski definition) is 6. The summed E-state index contributed by atoms with van der Waals surface area (Å²) in [6.07, 6.45) is 2.88. The topological polar surface area (TPSA) is 116 Å². The van der Waals surface area contributed by atoms with E-state index in [2.05, 4.69) is 36.3 Å².